The van der Waals surface area contributed by atoms with E-state index in [9.17, 15) is 9.59 Å². The fourth-order valence-electron chi connectivity index (χ4n) is 3.24. The topological polar surface area (TPSA) is 88.5 Å². The number of aromatic nitrogens is 2. The number of nitrogens with zero attached hydrogens (tertiary/aromatic N) is 3. The van der Waals surface area contributed by atoms with Gasteiger partial charge in [0.2, 0.25) is 0 Å². The van der Waals surface area contributed by atoms with E-state index in [1.807, 2.05) is 35.7 Å². The molecular weight excluding hydrogens is 402 g/mol. The number of morpholine rings is 1. The highest BCUT2D eigenvalue weighted by atomic mass is 32.1. The van der Waals surface area contributed by atoms with Gasteiger partial charge in [0.15, 0.2) is 5.69 Å². The highest BCUT2D eigenvalue weighted by Crippen LogP contribution is 2.17. The first-order valence-electron chi connectivity index (χ1n) is 9.68. The molecule has 1 fully saturated rings. The molecule has 30 heavy (non-hydrogen) atoms. The fraction of sp³-hybridized carbons (Fsp3) is 0.286. The SMILES string of the molecule is Cn1nc(C(=O)Nc2cccc(CN3CCOCC3)c2)cc1NC(=O)c1cccs1. The number of aryl methyl sites for hydroxylation is 1. The van der Waals surface area contributed by atoms with Crippen LogP contribution in [0.1, 0.15) is 25.7 Å². The van der Waals surface area contributed by atoms with Gasteiger partial charge in [0, 0.05) is 38.4 Å². The van der Waals surface area contributed by atoms with Crippen LogP contribution in [0.4, 0.5) is 11.5 Å². The quantitative estimate of drug-likeness (QED) is 0.634. The van der Waals surface area contributed by atoms with Crippen LogP contribution in [0, 0.1) is 0 Å². The Morgan fingerprint density at radius 3 is 2.70 bits per heavy atom. The summed E-state index contributed by atoms with van der Waals surface area (Å²) < 4.78 is 6.87. The molecule has 1 aliphatic heterocycles. The summed E-state index contributed by atoms with van der Waals surface area (Å²) in [6.45, 7) is 4.13. The molecule has 9 heteroatoms. The van der Waals surface area contributed by atoms with Crippen LogP contribution in [-0.2, 0) is 18.3 Å². The lowest BCUT2D eigenvalue weighted by Gasteiger charge is -2.26. The van der Waals surface area contributed by atoms with Crippen LogP contribution in [0.3, 0.4) is 0 Å². The van der Waals surface area contributed by atoms with Gasteiger partial charge < -0.3 is 15.4 Å². The number of rotatable bonds is 6. The highest BCUT2D eigenvalue weighted by molar-refractivity contribution is 7.12. The van der Waals surface area contributed by atoms with E-state index < -0.39 is 0 Å². The number of amides is 2. The molecular formula is C21H23N5O3S. The number of nitrogens with one attached hydrogen (secondary N) is 2. The Bertz CT molecular complexity index is 1030. The first-order valence-corrected chi connectivity index (χ1v) is 10.6. The molecule has 0 unspecified atom stereocenters. The Balaban J connectivity index is 1.40. The molecule has 2 aromatic heterocycles. The summed E-state index contributed by atoms with van der Waals surface area (Å²) >= 11 is 1.35. The van der Waals surface area contributed by atoms with Crippen molar-refractivity contribution in [1.29, 1.82) is 0 Å². The molecule has 0 spiro atoms. The number of ether oxygens (including phenoxy) is 1. The zero-order valence-corrected chi connectivity index (χ0v) is 17.4. The standard InChI is InChI=1S/C21H23N5O3S/c1-25-19(23-21(28)18-6-3-11-30-18)13-17(24-25)20(27)22-16-5-2-4-15(12-16)14-26-7-9-29-10-8-26/h2-6,11-13H,7-10,14H2,1H3,(H,22,27)(H,23,28). The third-order valence-electron chi connectivity index (χ3n) is 4.79. The van der Waals surface area contributed by atoms with E-state index in [-0.39, 0.29) is 17.5 Å². The first-order chi connectivity index (χ1) is 14.6. The van der Waals surface area contributed by atoms with Gasteiger partial charge in [-0.2, -0.15) is 5.10 Å². The molecule has 2 N–H and O–H groups in total. The minimum Gasteiger partial charge on any atom is -0.379 e. The van der Waals surface area contributed by atoms with Gasteiger partial charge in [-0.1, -0.05) is 18.2 Å². The smallest absolute Gasteiger partial charge is 0.276 e. The molecule has 8 nitrogen and oxygen atoms in total. The highest BCUT2D eigenvalue weighted by Gasteiger charge is 2.16. The van der Waals surface area contributed by atoms with Crippen LogP contribution in [-0.4, -0.2) is 52.8 Å². The Hall–Kier alpha value is -3.01. The summed E-state index contributed by atoms with van der Waals surface area (Å²) in [6, 6.07) is 12.9. The monoisotopic (exact) mass is 425 g/mol. The minimum absolute atomic E-state index is 0.226. The van der Waals surface area contributed by atoms with E-state index in [1.54, 1.807) is 19.2 Å². The third kappa shape index (κ3) is 4.93. The Kier molecular flexibility index (Phi) is 6.22. The summed E-state index contributed by atoms with van der Waals surface area (Å²) in [5.41, 5.74) is 2.07. The minimum atomic E-state index is -0.328. The number of carbonyl (C=O) groups is 2. The lowest BCUT2D eigenvalue weighted by atomic mass is 10.1. The van der Waals surface area contributed by atoms with E-state index >= 15 is 0 Å². The van der Waals surface area contributed by atoms with Gasteiger partial charge in [0.05, 0.1) is 18.1 Å². The van der Waals surface area contributed by atoms with E-state index in [2.05, 4.69) is 20.6 Å². The van der Waals surface area contributed by atoms with Gasteiger partial charge in [-0.05, 0) is 29.1 Å². The maximum Gasteiger partial charge on any atom is 0.276 e. The number of anilines is 2. The molecule has 1 saturated heterocycles. The van der Waals surface area contributed by atoms with E-state index in [4.69, 9.17) is 4.74 Å². The molecule has 3 heterocycles. The predicted octanol–water partition coefficient (Wildman–Crippen LogP) is 2.82. The molecule has 0 bridgehead atoms. The van der Waals surface area contributed by atoms with Crippen molar-refractivity contribution < 1.29 is 14.3 Å². The molecule has 0 saturated carbocycles. The number of carbonyl (C=O) groups excluding carboxylic acids is 2. The van der Waals surface area contributed by atoms with Crippen molar-refractivity contribution in [3.8, 4) is 0 Å². The van der Waals surface area contributed by atoms with Crippen LogP contribution in [0.15, 0.2) is 47.8 Å². The second-order valence-corrected chi connectivity index (χ2v) is 7.96. The average Bonchev–Trinajstić information content (AvgIpc) is 3.40. The average molecular weight is 426 g/mol. The van der Waals surface area contributed by atoms with Crippen molar-refractivity contribution in [2.24, 2.45) is 7.05 Å². The van der Waals surface area contributed by atoms with Crippen molar-refractivity contribution in [1.82, 2.24) is 14.7 Å². The summed E-state index contributed by atoms with van der Waals surface area (Å²) in [5.74, 6) is -0.0962. The molecule has 1 aliphatic rings. The van der Waals surface area contributed by atoms with Crippen LogP contribution in [0.25, 0.3) is 0 Å². The van der Waals surface area contributed by atoms with Gasteiger partial charge in [0.1, 0.15) is 5.82 Å². The summed E-state index contributed by atoms with van der Waals surface area (Å²) in [5, 5.41) is 11.7. The van der Waals surface area contributed by atoms with Gasteiger partial charge in [0.25, 0.3) is 11.8 Å². The Labute approximate surface area is 178 Å². The third-order valence-corrected chi connectivity index (χ3v) is 5.66. The lowest BCUT2D eigenvalue weighted by molar-refractivity contribution is 0.0342. The molecule has 4 rings (SSSR count). The van der Waals surface area contributed by atoms with Gasteiger partial charge in [-0.15, -0.1) is 11.3 Å². The number of thiophene rings is 1. The predicted molar refractivity (Wildman–Crippen MR) is 116 cm³/mol. The van der Waals surface area contributed by atoms with E-state index in [0.29, 0.717) is 16.4 Å². The Morgan fingerprint density at radius 1 is 1.10 bits per heavy atom. The normalized spacial score (nSPS) is 14.4. The summed E-state index contributed by atoms with van der Waals surface area (Å²) in [6.07, 6.45) is 0. The molecule has 156 valence electrons. The van der Waals surface area contributed by atoms with E-state index in [1.165, 1.54) is 16.0 Å². The zero-order chi connectivity index (χ0) is 20.9. The summed E-state index contributed by atoms with van der Waals surface area (Å²) in [4.78, 5) is 27.8. The molecule has 0 radical (unpaired) electrons. The maximum absolute atomic E-state index is 12.7. The zero-order valence-electron chi connectivity index (χ0n) is 16.6. The Morgan fingerprint density at radius 2 is 1.93 bits per heavy atom. The maximum atomic E-state index is 12.7. The molecule has 0 aliphatic carbocycles. The number of hydrogen-bond donors (Lipinski definition) is 2. The second kappa shape index (κ2) is 9.21. The van der Waals surface area contributed by atoms with Crippen molar-refractivity contribution >= 4 is 34.7 Å². The molecule has 1 aromatic carbocycles. The fourth-order valence-corrected chi connectivity index (χ4v) is 3.86. The van der Waals surface area contributed by atoms with Crippen molar-refractivity contribution in [3.05, 3.63) is 64.0 Å². The molecule has 2 amide bonds. The van der Waals surface area contributed by atoms with Crippen LogP contribution in [0.2, 0.25) is 0 Å². The largest absolute Gasteiger partial charge is 0.379 e. The first kappa shape index (κ1) is 20.3. The molecule has 0 atom stereocenters. The van der Waals surface area contributed by atoms with Gasteiger partial charge >= 0.3 is 0 Å². The number of benzene rings is 1. The van der Waals surface area contributed by atoms with Crippen LogP contribution >= 0.6 is 11.3 Å². The van der Waals surface area contributed by atoms with Gasteiger partial charge in [-0.3, -0.25) is 19.2 Å². The molecule has 3 aromatic rings. The second-order valence-electron chi connectivity index (χ2n) is 7.01. The van der Waals surface area contributed by atoms with E-state index in [0.717, 1.165) is 38.4 Å². The van der Waals surface area contributed by atoms with Crippen molar-refractivity contribution in [3.63, 3.8) is 0 Å². The van der Waals surface area contributed by atoms with Crippen molar-refractivity contribution in [2.75, 3.05) is 36.9 Å². The van der Waals surface area contributed by atoms with Crippen LogP contribution < -0.4 is 10.6 Å². The summed E-state index contributed by atoms with van der Waals surface area (Å²) in [7, 11) is 1.68. The number of hydrogen-bond acceptors (Lipinski definition) is 6. The van der Waals surface area contributed by atoms with Gasteiger partial charge in [-0.25, -0.2) is 0 Å². The van der Waals surface area contributed by atoms with Crippen molar-refractivity contribution in [2.45, 2.75) is 6.54 Å². The van der Waals surface area contributed by atoms with Crippen LogP contribution in [0.5, 0.6) is 0 Å². The lowest BCUT2D eigenvalue weighted by Crippen LogP contribution is -2.35.